The van der Waals surface area contributed by atoms with Crippen molar-refractivity contribution in [2.45, 2.75) is 38.7 Å². The Labute approximate surface area is 157 Å². The van der Waals surface area contributed by atoms with E-state index in [4.69, 9.17) is 9.47 Å². The summed E-state index contributed by atoms with van der Waals surface area (Å²) in [4.78, 5) is 24.9. The van der Waals surface area contributed by atoms with E-state index < -0.39 is 0 Å². The number of rotatable bonds is 8. The topological polar surface area (TPSA) is 64.6 Å². The zero-order chi connectivity index (χ0) is 18.4. The maximum atomic E-state index is 12.2. The largest absolute Gasteiger partial charge is 0.489 e. The SMILES string of the molecule is Cc1ccc(NC(=O)CCC(=O)c2cccs2)c(OC[C@@H]2CCCO2)c1. The second-order valence-corrected chi connectivity index (χ2v) is 7.34. The predicted octanol–water partition coefficient (Wildman–Crippen LogP) is 4.22. The van der Waals surface area contributed by atoms with Crippen LogP contribution in [0, 0.1) is 6.92 Å². The van der Waals surface area contributed by atoms with Gasteiger partial charge >= 0.3 is 0 Å². The number of benzene rings is 1. The standard InChI is InChI=1S/C20H23NO4S/c1-14-6-7-16(18(12-14)25-13-15-4-2-10-24-15)21-20(23)9-8-17(22)19-5-3-11-26-19/h3,5-7,11-12,15H,2,4,8-10,13H2,1H3,(H,21,23)/t15-/m0/s1. The van der Waals surface area contributed by atoms with Gasteiger partial charge in [0.25, 0.3) is 0 Å². The fourth-order valence-electron chi connectivity index (χ4n) is 2.81. The Morgan fingerprint density at radius 1 is 1.31 bits per heavy atom. The lowest BCUT2D eigenvalue weighted by molar-refractivity contribution is -0.116. The lowest BCUT2D eigenvalue weighted by Crippen LogP contribution is -2.18. The van der Waals surface area contributed by atoms with Crippen molar-refractivity contribution in [1.29, 1.82) is 0 Å². The van der Waals surface area contributed by atoms with Gasteiger partial charge in [0.2, 0.25) is 5.91 Å². The van der Waals surface area contributed by atoms with Crippen LogP contribution >= 0.6 is 11.3 Å². The molecule has 1 aromatic heterocycles. The molecule has 1 saturated heterocycles. The van der Waals surface area contributed by atoms with Crippen LogP contribution < -0.4 is 10.1 Å². The Balaban J connectivity index is 1.55. The molecule has 1 aromatic carbocycles. The molecule has 1 aliphatic heterocycles. The van der Waals surface area contributed by atoms with E-state index in [1.807, 2.05) is 36.6 Å². The fraction of sp³-hybridized carbons (Fsp3) is 0.400. The number of carbonyl (C=O) groups excluding carboxylic acids is 2. The number of anilines is 1. The van der Waals surface area contributed by atoms with Crippen LogP contribution in [0.15, 0.2) is 35.7 Å². The van der Waals surface area contributed by atoms with Crippen molar-refractivity contribution in [3.63, 3.8) is 0 Å². The number of ether oxygens (including phenoxy) is 2. The minimum Gasteiger partial charge on any atom is -0.489 e. The number of ketones is 1. The van der Waals surface area contributed by atoms with E-state index in [1.54, 1.807) is 6.07 Å². The summed E-state index contributed by atoms with van der Waals surface area (Å²) in [6.45, 7) is 3.23. The van der Waals surface area contributed by atoms with Crippen LogP contribution in [0.25, 0.3) is 0 Å². The molecule has 5 nitrogen and oxygen atoms in total. The molecular formula is C20H23NO4S. The molecule has 0 radical (unpaired) electrons. The first-order valence-electron chi connectivity index (χ1n) is 8.83. The summed E-state index contributed by atoms with van der Waals surface area (Å²) in [6.07, 6.45) is 2.52. The van der Waals surface area contributed by atoms with Crippen LogP contribution in [0.1, 0.15) is 40.9 Å². The van der Waals surface area contributed by atoms with Crippen LogP contribution in [0.3, 0.4) is 0 Å². The number of hydrogen-bond acceptors (Lipinski definition) is 5. The van der Waals surface area contributed by atoms with Crippen LogP contribution in [0.2, 0.25) is 0 Å². The molecule has 1 N–H and O–H groups in total. The molecule has 0 unspecified atom stereocenters. The van der Waals surface area contributed by atoms with Gasteiger partial charge in [0, 0.05) is 19.4 Å². The molecule has 0 spiro atoms. The highest BCUT2D eigenvalue weighted by Crippen LogP contribution is 2.27. The normalized spacial score (nSPS) is 16.4. The van der Waals surface area contributed by atoms with E-state index in [-0.39, 0.29) is 30.6 Å². The highest BCUT2D eigenvalue weighted by molar-refractivity contribution is 7.12. The van der Waals surface area contributed by atoms with E-state index >= 15 is 0 Å². The van der Waals surface area contributed by atoms with Crippen LogP contribution in [-0.2, 0) is 9.53 Å². The van der Waals surface area contributed by atoms with Crippen molar-refractivity contribution in [1.82, 2.24) is 0 Å². The molecule has 1 atom stereocenters. The number of nitrogens with one attached hydrogen (secondary N) is 1. The van der Waals surface area contributed by atoms with E-state index in [0.29, 0.717) is 22.9 Å². The minimum absolute atomic E-state index is 0.00564. The molecule has 6 heteroatoms. The number of aryl methyl sites for hydroxylation is 1. The van der Waals surface area contributed by atoms with Crippen molar-refractivity contribution >= 4 is 28.7 Å². The number of Topliss-reactive ketones (excluding diaryl/α,β-unsaturated/α-hetero) is 1. The van der Waals surface area contributed by atoms with Crippen LogP contribution in [-0.4, -0.2) is 31.0 Å². The third-order valence-corrected chi connectivity index (χ3v) is 5.15. The lowest BCUT2D eigenvalue weighted by atomic mass is 10.1. The first kappa shape index (κ1) is 18.6. The highest BCUT2D eigenvalue weighted by Gasteiger charge is 2.17. The molecule has 0 saturated carbocycles. The summed E-state index contributed by atoms with van der Waals surface area (Å²) in [7, 11) is 0. The molecule has 0 aliphatic carbocycles. The minimum atomic E-state index is -0.194. The summed E-state index contributed by atoms with van der Waals surface area (Å²) in [6, 6.07) is 9.27. The molecule has 1 aliphatic rings. The molecular weight excluding hydrogens is 350 g/mol. The first-order valence-corrected chi connectivity index (χ1v) is 9.71. The monoisotopic (exact) mass is 373 g/mol. The van der Waals surface area contributed by atoms with E-state index in [9.17, 15) is 9.59 Å². The van der Waals surface area contributed by atoms with Gasteiger partial charge in [0.05, 0.1) is 16.7 Å². The van der Waals surface area contributed by atoms with E-state index in [0.717, 1.165) is 25.0 Å². The fourth-order valence-corrected chi connectivity index (χ4v) is 3.51. The Hall–Kier alpha value is -2.18. The molecule has 0 bridgehead atoms. The Morgan fingerprint density at radius 2 is 2.19 bits per heavy atom. The van der Waals surface area contributed by atoms with Gasteiger partial charge in [0.15, 0.2) is 5.78 Å². The van der Waals surface area contributed by atoms with Gasteiger partial charge < -0.3 is 14.8 Å². The molecule has 1 fully saturated rings. The average molecular weight is 373 g/mol. The van der Waals surface area contributed by atoms with E-state index in [2.05, 4.69) is 5.32 Å². The summed E-state index contributed by atoms with van der Waals surface area (Å²) < 4.78 is 11.5. The molecule has 3 rings (SSSR count). The third-order valence-electron chi connectivity index (χ3n) is 4.24. The predicted molar refractivity (Wildman–Crippen MR) is 102 cm³/mol. The maximum absolute atomic E-state index is 12.2. The van der Waals surface area contributed by atoms with Gasteiger partial charge in [-0.2, -0.15) is 0 Å². The van der Waals surface area contributed by atoms with E-state index in [1.165, 1.54) is 11.3 Å². The highest BCUT2D eigenvalue weighted by atomic mass is 32.1. The van der Waals surface area contributed by atoms with Crippen LogP contribution in [0.5, 0.6) is 5.75 Å². The molecule has 138 valence electrons. The summed E-state index contributed by atoms with van der Waals surface area (Å²) in [5.74, 6) is 0.438. The maximum Gasteiger partial charge on any atom is 0.224 e. The third kappa shape index (κ3) is 5.16. The molecule has 1 amide bonds. The second-order valence-electron chi connectivity index (χ2n) is 6.39. The van der Waals surface area contributed by atoms with Crippen LogP contribution in [0.4, 0.5) is 5.69 Å². The lowest BCUT2D eigenvalue weighted by Gasteiger charge is -2.16. The summed E-state index contributed by atoms with van der Waals surface area (Å²) in [5.41, 5.74) is 1.68. The van der Waals surface area contributed by atoms with Crippen molar-refractivity contribution in [3.05, 3.63) is 46.2 Å². The average Bonchev–Trinajstić information content (AvgIpc) is 3.33. The molecule has 2 heterocycles. The number of amides is 1. The van der Waals surface area contributed by atoms with Crippen molar-refractivity contribution in [3.8, 4) is 5.75 Å². The number of hydrogen-bond donors (Lipinski definition) is 1. The Kier molecular flexibility index (Phi) is 6.41. The van der Waals surface area contributed by atoms with Crippen molar-refractivity contribution < 1.29 is 19.1 Å². The van der Waals surface area contributed by atoms with Crippen molar-refractivity contribution in [2.24, 2.45) is 0 Å². The zero-order valence-corrected chi connectivity index (χ0v) is 15.6. The number of carbonyl (C=O) groups is 2. The van der Waals surface area contributed by atoms with Crippen molar-refractivity contribution in [2.75, 3.05) is 18.5 Å². The van der Waals surface area contributed by atoms with Gasteiger partial charge in [-0.05, 0) is 48.9 Å². The summed E-state index contributed by atoms with van der Waals surface area (Å²) in [5, 5.41) is 4.72. The smallest absolute Gasteiger partial charge is 0.224 e. The van der Waals surface area contributed by atoms with Gasteiger partial charge in [-0.15, -0.1) is 11.3 Å². The first-order chi connectivity index (χ1) is 12.6. The molecule has 2 aromatic rings. The van der Waals surface area contributed by atoms with Gasteiger partial charge in [-0.1, -0.05) is 12.1 Å². The molecule has 26 heavy (non-hydrogen) atoms. The quantitative estimate of drug-likeness (QED) is 0.704. The number of thiophene rings is 1. The van der Waals surface area contributed by atoms with Gasteiger partial charge in [-0.25, -0.2) is 0 Å². The Morgan fingerprint density at radius 3 is 2.92 bits per heavy atom. The zero-order valence-electron chi connectivity index (χ0n) is 14.8. The Bertz CT molecular complexity index is 751. The van der Waals surface area contributed by atoms with Gasteiger partial charge in [0.1, 0.15) is 12.4 Å². The van der Waals surface area contributed by atoms with Gasteiger partial charge in [-0.3, -0.25) is 9.59 Å². The second kappa shape index (κ2) is 8.96. The summed E-state index contributed by atoms with van der Waals surface area (Å²) >= 11 is 1.40.